The molecule has 2 aromatic heterocycles. The predicted molar refractivity (Wildman–Crippen MR) is 91.3 cm³/mol. The Kier molecular flexibility index (Phi) is 4.00. The standard InChI is InChI=1S/C17H24N6O/c1-11-10-15(21-19-11)23-8-6-12(7-9-23)18-17(24)16-13-4-2-3-5-14(13)20-22-16/h10,12H,2-9H2,1H3,(H,18,24)(H,19,21)(H,20,22). The molecular weight excluding hydrogens is 304 g/mol. The number of hydrogen-bond donors (Lipinski definition) is 3. The minimum absolute atomic E-state index is 0.0246. The zero-order chi connectivity index (χ0) is 16.5. The van der Waals surface area contributed by atoms with E-state index in [1.807, 2.05) is 6.92 Å². The van der Waals surface area contributed by atoms with Gasteiger partial charge in [-0.15, -0.1) is 0 Å². The number of carbonyl (C=O) groups is 1. The largest absolute Gasteiger partial charge is 0.355 e. The Morgan fingerprint density at radius 2 is 2.00 bits per heavy atom. The van der Waals surface area contributed by atoms with E-state index in [0.717, 1.165) is 68.0 Å². The third-order valence-electron chi connectivity index (χ3n) is 5.12. The van der Waals surface area contributed by atoms with Crippen molar-refractivity contribution in [2.45, 2.75) is 51.5 Å². The van der Waals surface area contributed by atoms with Crippen molar-refractivity contribution >= 4 is 11.7 Å². The lowest BCUT2D eigenvalue weighted by molar-refractivity contribution is 0.0925. The number of piperidine rings is 1. The van der Waals surface area contributed by atoms with E-state index in [2.05, 4.69) is 36.7 Å². The van der Waals surface area contributed by atoms with E-state index in [4.69, 9.17) is 0 Å². The molecule has 0 aromatic carbocycles. The van der Waals surface area contributed by atoms with E-state index in [1.165, 1.54) is 6.42 Å². The van der Waals surface area contributed by atoms with E-state index in [9.17, 15) is 4.79 Å². The van der Waals surface area contributed by atoms with Crippen LogP contribution < -0.4 is 10.2 Å². The fourth-order valence-corrected chi connectivity index (χ4v) is 3.74. The highest BCUT2D eigenvalue weighted by Crippen LogP contribution is 2.23. The molecule has 2 aromatic rings. The number of aromatic nitrogens is 4. The number of amides is 1. The molecule has 7 nitrogen and oxygen atoms in total. The topological polar surface area (TPSA) is 89.7 Å². The van der Waals surface area contributed by atoms with Crippen molar-refractivity contribution < 1.29 is 4.79 Å². The summed E-state index contributed by atoms with van der Waals surface area (Å²) in [5.41, 5.74) is 3.96. The highest BCUT2D eigenvalue weighted by atomic mass is 16.2. The molecule has 3 heterocycles. The fourth-order valence-electron chi connectivity index (χ4n) is 3.74. The summed E-state index contributed by atoms with van der Waals surface area (Å²) < 4.78 is 0. The average molecular weight is 328 g/mol. The maximum atomic E-state index is 12.6. The van der Waals surface area contributed by atoms with Gasteiger partial charge in [-0.3, -0.25) is 15.0 Å². The van der Waals surface area contributed by atoms with Crippen molar-refractivity contribution in [3.05, 3.63) is 28.7 Å². The number of aromatic amines is 2. The molecule has 7 heteroatoms. The number of anilines is 1. The quantitative estimate of drug-likeness (QED) is 0.800. The van der Waals surface area contributed by atoms with Gasteiger partial charge in [0, 0.05) is 42.1 Å². The summed E-state index contributed by atoms with van der Waals surface area (Å²) in [7, 11) is 0. The Morgan fingerprint density at radius 3 is 2.75 bits per heavy atom. The lowest BCUT2D eigenvalue weighted by Crippen LogP contribution is -2.45. The molecule has 1 aliphatic heterocycles. The van der Waals surface area contributed by atoms with Gasteiger partial charge in [-0.05, 0) is 45.4 Å². The van der Waals surface area contributed by atoms with E-state index in [1.54, 1.807) is 0 Å². The predicted octanol–water partition coefficient (Wildman–Crippen LogP) is 1.72. The Labute approximate surface area is 141 Å². The van der Waals surface area contributed by atoms with Gasteiger partial charge in [0.1, 0.15) is 0 Å². The summed E-state index contributed by atoms with van der Waals surface area (Å²) in [5.74, 6) is 0.974. The van der Waals surface area contributed by atoms with Crippen LogP contribution in [-0.4, -0.2) is 45.4 Å². The van der Waals surface area contributed by atoms with Gasteiger partial charge < -0.3 is 10.2 Å². The summed E-state index contributed by atoms with van der Waals surface area (Å²) in [4.78, 5) is 14.8. The van der Waals surface area contributed by atoms with Crippen molar-refractivity contribution in [3.8, 4) is 0 Å². The number of H-pyrrole nitrogens is 2. The molecule has 24 heavy (non-hydrogen) atoms. The Morgan fingerprint density at radius 1 is 1.21 bits per heavy atom. The number of hydrogen-bond acceptors (Lipinski definition) is 4. The molecule has 3 N–H and O–H groups in total. The molecule has 0 radical (unpaired) electrons. The summed E-state index contributed by atoms with van der Waals surface area (Å²) in [6.07, 6.45) is 6.17. The van der Waals surface area contributed by atoms with Crippen LogP contribution in [0.25, 0.3) is 0 Å². The van der Waals surface area contributed by atoms with Crippen LogP contribution in [0.2, 0.25) is 0 Å². The second-order valence-corrected chi connectivity index (χ2v) is 6.88. The summed E-state index contributed by atoms with van der Waals surface area (Å²) in [6, 6.07) is 2.28. The second-order valence-electron chi connectivity index (χ2n) is 6.88. The molecule has 0 atom stereocenters. The third kappa shape index (κ3) is 2.90. The normalized spacial score (nSPS) is 18.5. The van der Waals surface area contributed by atoms with Crippen LogP contribution in [0.5, 0.6) is 0 Å². The summed E-state index contributed by atoms with van der Waals surface area (Å²) in [5, 5.41) is 17.8. The van der Waals surface area contributed by atoms with Gasteiger partial charge >= 0.3 is 0 Å². The number of aryl methyl sites for hydroxylation is 2. The van der Waals surface area contributed by atoms with Crippen molar-refractivity contribution in [1.29, 1.82) is 0 Å². The average Bonchev–Trinajstić information content (AvgIpc) is 3.22. The molecule has 128 valence electrons. The van der Waals surface area contributed by atoms with Gasteiger partial charge in [0.2, 0.25) is 0 Å². The maximum absolute atomic E-state index is 12.6. The van der Waals surface area contributed by atoms with Gasteiger partial charge in [0.05, 0.1) is 0 Å². The minimum atomic E-state index is -0.0246. The Hall–Kier alpha value is -2.31. The minimum Gasteiger partial charge on any atom is -0.355 e. The van der Waals surface area contributed by atoms with Crippen LogP contribution in [0.15, 0.2) is 6.07 Å². The van der Waals surface area contributed by atoms with Crippen molar-refractivity contribution in [2.75, 3.05) is 18.0 Å². The van der Waals surface area contributed by atoms with Crippen molar-refractivity contribution in [1.82, 2.24) is 25.7 Å². The molecule has 4 rings (SSSR count). The van der Waals surface area contributed by atoms with E-state index < -0.39 is 0 Å². The molecule has 1 saturated heterocycles. The first kappa shape index (κ1) is 15.2. The molecular formula is C17H24N6O. The number of carbonyl (C=O) groups excluding carboxylic acids is 1. The number of fused-ring (bicyclic) bond motifs is 1. The molecule has 1 fully saturated rings. The van der Waals surface area contributed by atoms with Crippen LogP contribution >= 0.6 is 0 Å². The van der Waals surface area contributed by atoms with Crippen LogP contribution in [0.1, 0.15) is 53.1 Å². The van der Waals surface area contributed by atoms with Gasteiger partial charge in [0.25, 0.3) is 5.91 Å². The Balaban J connectivity index is 1.35. The van der Waals surface area contributed by atoms with Crippen LogP contribution in [-0.2, 0) is 12.8 Å². The highest BCUT2D eigenvalue weighted by Gasteiger charge is 2.26. The van der Waals surface area contributed by atoms with Crippen LogP contribution in [0.4, 0.5) is 5.82 Å². The van der Waals surface area contributed by atoms with Crippen LogP contribution in [0, 0.1) is 6.92 Å². The SMILES string of the molecule is Cc1cc(N2CCC(NC(=O)c3n[nH]c4c3CCCC4)CC2)n[nH]1. The van der Waals surface area contributed by atoms with Gasteiger partial charge in [-0.25, -0.2) is 0 Å². The number of nitrogens with one attached hydrogen (secondary N) is 3. The van der Waals surface area contributed by atoms with Gasteiger partial charge in [0.15, 0.2) is 11.5 Å². The first-order valence-corrected chi connectivity index (χ1v) is 8.84. The molecule has 1 amide bonds. The first-order valence-electron chi connectivity index (χ1n) is 8.84. The molecule has 0 bridgehead atoms. The summed E-state index contributed by atoms with van der Waals surface area (Å²) in [6.45, 7) is 3.83. The maximum Gasteiger partial charge on any atom is 0.272 e. The zero-order valence-corrected chi connectivity index (χ0v) is 14.1. The van der Waals surface area contributed by atoms with E-state index in [-0.39, 0.29) is 11.9 Å². The smallest absolute Gasteiger partial charge is 0.272 e. The number of nitrogens with zero attached hydrogens (tertiary/aromatic N) is 3. The van der Waals surface area contributed by atoms with E-state index >= 15 is 0 Å². The first-order chi connectivity index (χ1) is 11.7. The van der Waals surface area contributed by atoms with Crippen molar-refractivity contribution in [3.63, 3.8) is 0 Å². The molecule has 0 unspecified atom stereocenters. The molecule has 0 saturated carbocycles. The molecule has 2 aliphatic rings. The van der Waals surface area contributed by atoms with Gasteiger partial charge in [-0.1, -0.05) is 0 Å². The third-order valence-corrected chi connectivity index (χ3v) is 5.12. The fraction of sp³-hybridized carbons (Fsp3) is 0.588. The van der Waals surface area contributed by atoms with Gasteiger partial charge in [-0.2, -0.15) is 10.2 Å². The summed E-state index contributed by atoms with van der Waals surface area (Å²) >= 11 is 0. The molecule has 1 aliphatic carbocycles. The van der Waals surface area contributed by atoms with Crippen LogP contribution in [0.3, 0.4) is 0 Å². The zero-order valence-electron chi connectivity index (χ0n) is 14.1. The van der Waals surface area contributed by atoms with Crippen molar-refractivity contribution in [2.24, 2.45) is 0 Å². The lowest BCUT2D eigenvalue weighted by Gasteiger charge is -2.32. The number of rotatable bonds is 3. The molecule has 0 spiro atoms. The lowest BCUT2D eigenvalue weighted by atomic mass is 9.95. The highest BCUT2D eigenvalue weighted by molar-refractivity contribution is 5.94. The Bertz CT molecular complexity index is 725. The van der Waals surface area contributed by atoms with E-state index in [0.29, 0.717) is 5.69 Å². The second kappa shape index (κ2) is 6.30. The monoisotopic (exact) mass is 328 g/mol.